The molecule has 0 radical (unpaired) electrons. The number of carbonyl (C=O) groups excluding carboxylic acids is 1. The Hall–Kier alpha value is -2.18. The zero-order chi connectivity index (χ0) is 21.7. The number of benzene rings is 2. The fourth-order valence-electron chi connectivity index (χ4n) is 3.11. The van der Waals surface area contributed by atoms with Crippen molar-refractivity contribution in [3.63, 3.8) is 0 Å². The smallest absolute Gasteiger partial charge is 0.340 e. The summed E-state index contributed by atoms with van der Waals surface area (Å²) < 4.78 is 19.6. The minimum absolute atomic E-state index is 0.207. The van der Waals surface area contributed by atoms with Gasteiger partial charge in [0.25, 0.3) is 0 Å². The molecule has 160 valence electrons. The quantitative estimate of drug-likeness (QED) is 0.323. The molecule has 1 aliphatic heterocycles. The molecule has 0 unspecified atom stereocenters. The van der Waals surface area contributed by atoms with Gasteiger partial charge < -0.3 is 9.57 Å². The van der Waals surface area contributed by atoms with E-state index in [9.17, 15) is 9.18 Å². The summed E-state index contributed by atoms with van der Waals surface area (Å²) in [6.07, 6.45) is 1.86. The second kappa shape index (κ2) is 9.75. The summed E-state index contributed by atoms with van der Waals surface area (Å²) in [5.74, 6) is -0.229. The molecule has 0 amide bonds. The lowest BCUT2D eigenvalue weighted by Gasteiger charge is -2.22. The van der Waals surface area contributed by atoms with Crippen molar-refractivity contribution in [2.45, 2.75) is 56.2 Å². The van der Waals surface area contributed by atoms with Crippen molar-refractivity contribution in [1.82, 2.24) is 0 Å². The Balaban J connectivity index is 1.68. The standard InChI is InChI=1S/C24H28FNO3S/c1-16(26-29-23(27)24(2,3)4)17-5-7-21(8-6-17)30-22-14-19(13-20(25)15-22)18-9-11-28-12-10-18/h5-8,13-15,18H,9-12H2,1-4H3/b26-16+. The molecule has 6 heteroatoms. The number of hydrogen-bond acceptors (Lipinski definition) is 5. The van der Waals surface area contributed by atoms with E-state index in [1.807, 2.05) is 24.3 Å². The Morgan fingerprint density at radius 1 is 1.10 bits per heavy atom. The van der Waals surface area contributed by atoms with Crippen LogP contribution in [0.1, 0.15) is 57.6 Å². The number of carbonyl (C=O) groups is 1. The van der Waals surface area contributed by atoms with Gasteiger partial charge in [-0.2, -0.15) is 0 Å². The topological polar surface area (TPSA) is 47.9 Å². The first-order valence-electron chi connectivity index (χ1n) is 10.1. The summed E-state index contributed by atoms with van der Waals surface area (Å²) >= 11 is 1.53. The third-order valence-electron chi connectivity index (χ3n) is 4.97. The number of oxime groups is 1. The summed E-state index contributed by atoms with van der Waals surface area (Å²) in [5.41, 5.74) is 1.93. The van der Waals surface area contributed by atoms with Crippen LogP contribution in [0.2, 0.25) is 0 Å². The van der Waals surface area contributed by atoms with E-state index < -0.39 is 5.41 Å². The predicted molar refractivity (Wildman–Crippen MR) is 118 cm³/mol. The minimum Gasteiger partial charge on any atom is -0.381 e. The lowest BCUT2D eigenvalue weighted by molar-refractivity contribution is -0.152. The molecule has 0 saturated carbocycles. The van der Waals surface area contributed by atoms with Crippen molar-refractivity contribution in [3.05, 3.63) is 59.4 Å². The maximum absolute atomic E-state index is 14.2. The fraction of sp³-hybridized carbons (Fsp3) is 0.417. The Morgan fingerprint density at radius 2 is 1.77 bits per heavy atom. The van der Waals surface area contributed by atoms with Crippen molar-refractivity contribution < 1.29 is 18.8 Å². The molecular formula is C24H28FNO3S. The molecule has 4 nitrogen and oxygen atoms in total. The molecular weight excluding hydrogens is 401 g/mol. The van der Waals surface area contributed by atoms with Crippen LogP contribution in [0.5, 0.6) is 0 Å². The molecule has 0 N–H and O–H groups in total. The first-order chi connectivity index (χ1) is 14.2. The highest BCUT2D eigenvalue weighted by Gasteiger charge is 2.23. The molecule has 2 aromatic carbocycles. The summed E-state index contributed by atoms with van der Waals surface area (Å²) in [7, 11) is 0. The van der Waals surface area contributed by atoms with E-state index in [1.54, 1.807) is 39.8 Å². The Morgan fingerprint density at radius 3 is 2.40 bits per heavy atom. The van der Waals surface area contributed by atoms with Crippen LogP contribution in [-0.2, 0) is 14.4 Å². The van der Waals surface area contributed by atoms with E-state index in [0.717, 1.165) is 47.0 Å². The third kappa shape index (κ3) is 6.16. The normalized spacial score (nSPS) is 15.8. The maximum atomic E-state index is 14.2. The van der Waals surface area contributed by atoms with Gasteiger partial charge in [0.2, 0.25) is 0 Å². The summed E-state index contributed by atoms with van der Waals surface area (Å²) in [6, 6.07) is 13.1. The van der Waals surface area contributed by atoms with Crippen LogP contribution >= 0.6 is 11.8 Å². The molecule has 0 aliphatic carbocycles. The molecule has 1 fully saturated rings. The first-order valence-corrected chi connectivity index (χ1v) is 11.0. The van der Waals surface area contributed by atoms with Gasteiger partial charge in [-0.15, -0.1) is 0 Å². The number of hydrogen-bond donors (Lipinski definition) is 0. The maximum Gasteiger partial charge on any atom is 0.340 e. The van der Waals surface area contributed by atoms with Gasteiger partial charge in [0.05, 0.1) is 11.1 Å². The van der Waals surface area contributed by atoms with E-state index in [0.29, 0.717) is 11.6 Å². The van der Waals surface area contributed by atoms with Crippen LogP contribution in [0.15, 0.2) is 57.4 Å². The van der Waals surface area contributed by atoms with Gasteiger partial charge in [-0.1, -0.05) is 29.1 Å². The van der Waals surface area contributed by atoms with Crippen molar-refractivity contribution in [1.29, 1.82) is 0 Å². The molecule has 0 bridgehead atoms. The highest BCUT2D eigenvalue weighted by atomic mass is 32.2. The molecule has 0 spiro atoms. The largest absolute Gasteiger partial charge is 0.381 e. The van der Waals surface area contributed by atoms with Crippen molar-refractivity contribution in [2.24, 2.45) is 10.6 Å². The minimum atomic E-state index is -0.598. The van der Waals surface area contributed by atoms with Crippen molar-refractivity contribution in [3.8, 4) is 0 Å². The molecule has 0 atom stereocenters. The van der Waals surface area contributed by atoms with Gasteiger partial charge in [-0.05, 0) is 87.9 Å². The highest BCUT2D eigenvalue weighted by molar-refractivity contribution is 7.99. The average molecular weight is 430 g/mol. The van der Waals surface area contributed by atoms with Gasteiger partial charge in [0.15, 0.2) is 0 Å². The zero-order valence-corrected chi connectivity index (χ0v) is 18.7. The molecule has 2 aromatic rings. The van der Waals surface area contributed by atoms with Crippen LogP contribution in [0.4, 0.5) is 4.39 Å². The van der Waals surface area contributed by atoms with E-state index in [2.05, 4.69) is 11.2 Å². The SMILES string of the molecule is C/C(=N\OC(=O)C(C)(C)C)c1ccc(Sc2cc(F)cc(C3CCOCC3)c2)cc1. The molecule has 0 aromatic heterocycles. The fourth-order valence-corrected chi connectivity index (χ4v) is 4.02. The van der Waals surface area contributed by atoms with Gasteiger partial charge in [0.1, 0.15) is 5.82 Å². The van der Waals surface area contributed by atoms with Crippen LogP contribution in [0.25, 0.3) is 0 Å². The second-order valence-corrected chi connectivity index (χ2v) is 9.69. The van der Waals surface area contributed by atoms with Crippen LogP contribution in [0, 0.1) is 11.2 Å². The lowest BCUT2D eigenvalue weighted by Crippen LogP contribution is -2.21. The van der Waals surface area contributed by atoms with Gasteiger partial charge in [0, 0.05) is 23.0 Å². The molecule has 1 aliphatic rings. The van der Waals surface area contributed by atoms with Crippen LogP contribution in [-0.4, -0.2) is 24.9 Å². The van der Waals surface area contributed by atoms with E-state index in [4.69, 9.17) is 9.57 Å². The summed E-state index contributed by atoms with van der Waals surface area (Å²) in [6.45, 7) is 8.61. The number of nitrogens with zero attached hydrogens (tertiary/aromatic N) is 1. The van der Waals surface area contributed by atoms with Crippen LogP contribution < -0.4 is 0 Å². The van der Waals surface area contributed by atoms with Gasteiger partial charge in [-0.3, -0.25) is 0 Å². The van der Waals surface area contributed by atoms with Crippen molar-refractivity contribution >= 4 is 23.4 Å². The second-order valence-electron chi connectivity index (χ2n) is 8.54. The van der Waals surface area contributed by atoms with Gasteiger partial charge >= 0.3 is 5.97 Å². The third-order valence-corrected chi connectivity index (χ3v) is 5.95. The Labute approximate surface area is 181 Å². The lowest BCUT2D eigenvalue weighted by atomic mass is 9.92. The zero-order valence-electron chi connectivity index (χ0n) is 17.9. The summed E-state index contributed by atoms with van der Waals surface area (Å²) in [4.78, 5) is 18.8. The number of halogens is 1. The molecule has 3 rings (SSSR count). The summed E-state index contributed by atoms with van der Waals surface area (Å²) in [5, 5.41) is 3.95. The monoisotopic (exact) mass is 429 g/mol. The van der Waals surface area contributed by atoms with E-state index >= 15 is 0 Å². The molecule has 1 saturated heterocycles. The molecule has 30 heavy (non-hydrogen) atoms. The van der Waals surface area contributed by atoms with E-state index in [-0.39, 0.29) is 11.8 Å². The highest BCUT2D eigenvalue weighted by Crippen LogP contribution is 2.34. The number of ether oxygens (including phenoxy) is 1. The van der Waals surface area contributed by atoms with Gasteiger partial charge in [-0.25, -0.2) is 9.18 Å². The van der Waals surface area contributed by atoms with Crippen molar-refractivity contribution in [2.75, 3.05) is 13.2 Å². The molecule has 1 heterocycles. The first kappa shape index (κ1) is 22.5. The predicted octanol–water partition coefficient (Wildman–Crippen LogP) is 6.18. The number of rotatable bonds is 5. The average Bonchev–Trinajstić information content (AvgIpc) is 2.72. The van der Waals surface area contributed by atoms with Crippen LogP contribution in [0.3, 0.4) is 0 Å². The van der Waals surface area contributed by atoms with E-state index in [1.165, 1.54) is 11.8 Å². The Kier molecular flexibility index (Phi) is 7.32. The Bertz CT molecular complexity index is 913.